The molecule has 0 aromatic heterocycles. The topological polar surface area (TPSA) is 106 Å². The van der Waals surface area contributed by atoms with Crippen LogP contribution in [0.25, 0.3) is 0 Å². The number of ether oxygens (including phenoxy) is 1. The third-order valence-electron chi connectivity index (χ3n) is 3.83. The molecule has 8 nitrogen and oxygen atoms in total. The Balaban J connectivity index is 2.78. The Hall–Kier alpha value is -1.72. The van der Waals surface area contributed by atoms with E-state index in [2.05, 4.69) is 16.1 Å². The summed E-state index contributed by atoms with van der Waals surface area (Å²) in [6.07, 6.45) is 0. The van der Waals surface area contributed by atoms with Gasteiger partial charge in [-0.2, -0.15) is 5.48 Å². The lowest BCUT2D eigenvalue weighted by Crippen LogP contribution is -2.53. The maximum absolute atomic E-state index is 12.6. The number of methoxy groups -OCH3 is 1. The van der Waals surface area contributed by atoms with Crippen molar-refractivity contribution in [1.82, 2.24) is 10.8 Å². The highest BCUT2D eigenvalue weighted by Gasteiger charge is 2.27. The molecule has 0 radical (unpaired) electrons. The minimum absolute atomic E-state index is 0.0496. The zero-order valence-electron chi connectivity index (χ0n) is 17.9. The zero-order chi connectivity index (χ0) is 22.4. The SMILES string of the molecule is COC(=O)c1cc(NC(=O)[C@H](C)NC(=O)[C@@H](NOC(C)(C)C)C(C)C)ccc1I. The fraction of sp³-hybridized carbons (Fsp3) is 0.550. The van der Waals surface area contributed by atoms with Gasteiger partial charge in [0, 0.05) is 9.26 Å². The van der Waals surface area contributed by atoms with Crippen LogP contribution in [0, 0.1) is 9.49 Å². The van der Waals surface area contributed by atoms with Gasteiger partial charge >= 0.3 is 5.97 Å². The fourth-order valence-electron chi connectivity index (χ4n) is 2.22. The van der Waals surface area contributed by atoms with Crippen LogP contribution in [0.1, 0.15) is 51.9 Å². The number of amides is 2. The van der Waals surface area contributed by atoms with Crippen molar-refractivity contribution < 1.29 is 24.0 Å². The summed E-state index contributed by atoms with van der Waals surface area (Å²) in [5, 5.41) is 5.39. The van der Waals surface area contributed by atoms with Gasteiger partial charge in [0.1, 0.15) is 12.1 Å². The molecule has 0 spiro atoms. The average Bonchev–Trinajstić information content (AvgIpc) is 2.61. The molecule has 0 aliphatic heterocycles. The summed E-state index contributed by atoms with van der Waals surface area (Å²) in [6, 6.07) is 3.51. The molecule has 2 atom stereocenters. The summed E-state index contributed by atoms with van der Waals surface area (Å²) in [6.45, 7) is 11.0. The van der Waals surface area contributed by atoms with Gasteiger partial charge in [-0.3, -0.25) is 14.4 Å². The number of anilines is 1. The van der Waals surface area contributed by atoms with Gasteiger partial charge < -0.3 is 15.4 Å². The van der Waals surface area contributed by atoms with E-state index >= 15 is 0 Å². The molecule has 1 aromatic carbocycles. The van der Waals surface area contributed by atoms with Gasteiger partial charge in [-0.15, -0.1) is 0 Å². The Morgan fingerprint density at radius 3 is 2.21 bits per heavy atom. The van der Waals surface area contributed by atoms with Crippen LogP contribution < -0.4 is 16.1 Å². The van der Waals surface area contributed by atoms with E-state index in [-0.39, 0.29) is 11.8 Å². The molecule has 0 aliphatic rings. The number of hydrogen-bond donors (Lipinski definition) is 3. The van der Waals surface area contributed by atoms with E-state index in [9.17, 15) is 14.4 Å². The summed E-state index contributed by atoms with van der Waals surface area (Å²) >= 11 is 2.02. The van der Waals surface area contributed by atoms with E-state index in [0.717, 1.165) is 0 Å². The minimum atomic E-state index is -0.791. The van der Waals surface area contributed by atoms with Gasteiger partial charge in [-0.1, -0.05) is 13.8 Å². The second kappa shape index (κ2) is 10.9. The van der Waals surface area contributed by atoms with E-state index in [4.69, 9.17) is 9.57 Å². The second-order valence-corrected chi connectivity index (χ2v) is 9.12. The van der Waals surface area contributed by atoms with Gasteiger partial charge in [-0.05, 0) is 74.4 Å². The summed E-state index contributed by atoms with van der Waals surface area (Å²) < 4.78 is 5.45. The molecule has 0 aliphatic carbocycles. The van der Waals surface area contributed by atoms with Crippen molar-refractivity contribution in [3.05, 3.63) is 27.3 Å². The highest BCUT2D eigenvalue weighted by Crippen LogP contribution is 2.19. The van der Waals surface area contributed by atoms with E-state index in [1.54, 1.807) is 19.1 Å². The number of nitrogens with one attached hydrogen (secondary N) is 3. The van der Waals surface area contributed by atoms with E-state index in [0.29, 0.717) is 14.8 Å². The first-order chi connectivity index (χ1) is 13.4. The molecule has 0 fully saturated rings. The number of carbonyl (C=O) groups excluding carboxylic acids is 3. The largest absolute Gasteiger partial charge is 0.465 e. The van der Waals surface area contributed by atoms with Crippen LogP contribution in [-0.2, 0) is 19.2 Å². The van der Waals surface area contributed by atoms with Crippen LogP contribution in [0.4, 0.5) is 5.69 Å². The summed E-state index contributed by atoms with van der Waals surface area (Å²) in [5.74, 6) is -1.29. The monoisotopic (exact) mass is 519 g/mol. The number of hydrogen-bond acceptors (Lipinski definition) is 6. The summed E-state index contributed by atoms with van der Waals surface area (Å²) in [7, 11) is 1.30. The molecule has 9 heteroatoms. The fourth-order valence-corrected chi connectivity index (χ4v) is 2.78. The quantitative estimate of drug-likeness (QED) is 0.277. The zero-order valence-corrected chi connectivity index (χ0v) is 20.0. The van der Waals surface area contributed by atoms with Gasteiger partial charge in [0.25, 0.3) is 0 Å². The Morgan fingerprint density at radius 2 is 1.69 bits per heavy atom. The molecule has 0 unspecified atom stereocenters. The van der Waals surface area contributed by atoms with E-state index in [1.165, 1.54) is 13.2 Å². The van der Waals surface area contributed by atoms with Crippen molar-refractivity contribution >= 4 is 46.1 Å². The Bertz CT molecular complexity index is 746. The van der Waals surface area contributed by atoms with Gasteiger partial charge in [-0.25, -0.2) is 4.79 Å². The van der Waals surface area contributed by atoms with Crippen LogP contribution in [0.5, 0.6) is 0 Å². The van der Waals surface area contributed by atoms with Crippen molar-refractivity contribution in [2.45, 2.75) is 59.2 Å². The molecule has 0 bridgehead atoms. The molecule has 162 valence electrons. The first-order valence-electron chi connectivity index (χ1n) is 9.28. The van der Waals surface area contributed by atoms with Gasteiger partial charge in [0.05, 0.1) is 18.3 Å². The Labute approximate surface area is 185 Å². The van der Waals surface area contributed by atoms with Crippen LogP contribution >= 0.6 is 22.6 Å². The number of esters is 1. The molecule has 0 saturated heterocycles. The molecule has 1 aromatic rings. The number of benzene rings is 1. The lowest BCUT2D eigenvalue weighted by molar-refractivity contribution is -0.139. The van der Waals surface area contributed by atoms with E-state index < -0.39 is 29.6 Å². The van der Waals surface area contributed by atoms with Crippen molar-refractivity contribution in [2.75, 3.05) is 12.4 Å². The second-order valence-electron chi connectivity index (χ2n) is 7.96. The number of carbonyl (C=O) groups is 3. The van der Waals surface area contributed by atoms with Gasteiger partial charge in [0.15, 0.2) is 0 Å². The lowest BCUT2D eigenvalue weighted by atomic mass is 10.0. The van der Waals surface area contributed by atoms with Crippen molar-refractivity contribution in [3.8, 4) is 0 Å². The number of rotatable bonds is 8. The summed E-state index contributed by atoms with van der Waals surface area (Å²) in [4.78, 5) is 42.4. The first kappa shape index (κ1) is 25.3. The molecule has 0 saturated carbocycles. The normalized spacial score (nSPS) is 13.6. The Kier molecular flexibility index (Phi) is 9.50. The van der Waals surface area contributed by atoms with Crippen molar-refractivity contribution in [2.24, 2.45) is 5.92 Å². The number of halogens is 1. The Morgan fingerprint density at radius 1 is 1.07 bits per heavy atom. The predicted octanol–water partition coefficient (Wildman–Crippen LogP) is 2.87. The van der Waals surface area contributed by atoms with Crippen molar-refractivity contribution in [1.29, 1.82) is 0 Å². The summed E-state index contributed by atoms with van der Waals surface area (Å²) in [5.41, 5.74) is 3.12. The molecule has 3 N–H and O–H groups in total. The molecular formula is C20H30IN3O5. The van der Waals surface area contributed by atoms with Crippen LogP contribution in [0.15, 0.2) is 18.2 Å². The molecular weight excluding hydrogens is 489 g/mol. The van der Waals surface area contributed by atoms with Crippen LogP contribution in [0.3, 0.4) is 0 Å². The van der Waals surface area contributed by atoms with Gasteiger partial charge in [0.2, 0.25) is 11.8 Å². The van der Waals surface area contributed by atoms with Crippen LogP contribution in [0.2, 0.25) is 0 Å². The molecule has 1 rings (SSSR count). The van der Waals surface area contributed by atoms with Crippen molar-refractivity contribution in [3.63, 3.8) is 0 Å². The predicted molar refractivity (Wildman–Crippen MR) is 119 cm³/mol. The first-order valence-corrected chi connectivity index (χ1v) is 10.4. The average molecular weight is 519 g/mol. The molecule has 29 heavy (non-hydrogen) atoms. The third kappa shape index (κ3) is 8.27. The maximum atomic E-state index is 12.6. The molecule has 2 amide bonds. The highest BCUT2D eigenvalue weighted by molar-refractivity contribution is 14.1. The standard InChI is InChI=1S/C20H30IN3O5/c1-11(2)16(24-29-20(4,5)6)18(26)22-12(3)17(25)23-13-8-9-15(21)14(10-13)19(27)28-7/h8-12,16,24H,1-7H3,(H,22,26)(H,23,25)/t12-,16-/m0/s1. The van der Waals surface area contributed by atoms with E-state index in [1.807, 2.05) is 57.2 Å². The van der Waals surface area contributed by atoms with Crippen LogP contribution in [-0.4, -0.2) is 42.6 Å². The smallest absolute Gasteiger partial charge is 0.339 e. The lowest BCUT2D eigenvalue weighted by Gasteiger charge is -2.27. The molecule has 0 heterocycles. The third-order valence-corrected chi connectivity index (χ3v) is 4.77. The minimum Gasteiger partial charge on any atom is -0.465 e. The highest BCUT2D eigenvalue weighted by atomic mass is 127. The maximum Gasteiger partial charge on any atom is 0.339 e. The number of hydroxylamine groups is 1.